The summed E-state index contributed by atoms with van der Waals surface area (Å²) in [5.41, 5.74) is 0.287. The fourth-order valence-corrected chi connectivity index (χ4v) is 3.03. The zero-order chi connectivity index (χ0) is 14.0. The predicted octanol–water partition coefficient (Wildman–Crippen LogP) is 2.86. The summed E-state index contributed by atoms with van der Waals surface area (Å²) in [4.78, 5) is 14.6. The van der Waals surface area contributed by atoms with E-state index >= 15 is 0 Å². The quantitative estimate of drug-likeness (QED) is 0.930. The topological polar surface area (TPSA) is 32.3 Å². The first-order valence-corrected chi connectivity index (χ1v) is 7.05. The number of carbonyl (C=O) groups excluding carboxylic acids is 1. The largest absolute Gasteiger partial charge is 0.341 e. The Bertz CT molecular complexity index is 471. The molecule has 1 aliphatic rings. The Labute approximate surface area is 132 Å². The maximum Gasteiger partial charge on any atom is 0.232 e. The number of likely N-dealkylation sites (N-methyl/N-ethyl adjacent to an activating group) is 1. The first-order valence-electron chi connectivity index (χ1n) is 6.67. The summed E-state index contributed by atoms with van der Waals surface area (Å²) in [7, 11) is 1.89. The molecule has 1 aliphatic heterocycles. The number of benzene rings is 1. The van der Waals surface area contributed by atoms with E-state index in [1.54, 1.807) is 0 Å². The summed E-state index contributed by atoms with van der Waals surface area (Å²) < 4.78 is 0. The molecule has 2 rings (SSSR count). The van der Waals surface area contributed by atoms with E-state index in [0.717, 1.165) is 25.1 Å². The Kier molecular flexibility index (Phi) is 5.87. The second-order valence-electron chi connectivity index (χ2n) is 5.67. The van der Waals surface area contributed by atoms with Crippen LogP contribution in [-0.4, -0.2) is 37.0 Å². The Morgan fingerprint density at radius 2 is 2.05 bits per heavy atom. The highest BCUT2D eigenvalue weighted by molar-refractivity contribution is 6.31. The third-order valence-corrected chi connectivity index (χ3v) is 4.31. The molecule has 1 heterocycles. The minimum absolute atomic E-state index is 0. The molecule has 5 heteroatoms. The van der Waals surface area contributed by atoms with Crippen molar-refractivity contribution in [2.45, 2.75) is 31.7 Å². The molecule has 1 saturated heterocycles. The second kappa shape index (κ2) is 6.79. The molecule has 0 saturated carbocycles. The van der Waals surface area contributed by atoms with E-state index in [-0.39, 0.29) is 24.4 Å². The lowest BCUT2D eigenvalue weighted by Gasteiger charge is -2.33. The number of amides is 1. The Hall–Kier alpha value is -0.770. The van der Waals surface area contributed by atoms with Gasteiger partial charge in [0.25, 0.3) is 0 Å². The Morgan fingerprint density at radius 3 is 2.60 bits per heavy atom. The lowest BCUT2D eigenvalue weighted by molar-refractivity contribution is -0.136. The van der Waals surface area contributed by atoms with E-state index in [4.69, 9.17) is 11.6 Å². The van der Waals surface area contributed by atoms with Gasteiger partial charge in [-0.1, -0.05) is 29.8 Å². The van der Waals surface area contributed by atoms with Crippen LogP contribution in [-0.2, 0) is 10.2 Å². The zero-order valence-corrected chi connectivity index (χ0v) is 13.7. The average Bonchev–Trinajstić information content (AvgIpc) is 2.91. The molecule has 0 bridgehead atoms. The third kappa shape index (κ3) is 3.27. The van der Waals surface area contributed by atoms with Gasteiger partial charge in [-0.2, -0.15) is 0 Å². The molecular weight excluding hydrogens is 295 g/mol. The van der Waals surface area contributed by atoms with Gasteiger partial charge in [0.2, 0.25) is 5.91 Å². The fraction of sp³-hybridized carbons (Fsp3) is 0.533. The van der Waals surface area contributed by atoms with Gasteiger partial charge < -0.3 is 10.2 Å². The van der Waals surface area contributed by atoms with Crippen LogP contribution in [0.25, 0.3) is 0 Å². The van der Waals surface area contributed by atoms with Crippen molar-refractivity contribution in [1.82, 2.24) is 10.2 Å². The number of hydrogen-bond acceptors (Lipinski definition) is 2. The second-order valence-corrected chi connectivity index (χ2v) is 6.07. The molecule has 0 spiro atoms. The highest BCUT2D eigenvalue weighted by Gasteiger charge is 2.36. The number of nitrogens with zero attached hydrogens (tertiary/aromatic N) is 1. The van der Waals surface area contributed by atoms with Gasteiger partial charge in [0, 0.05) is 24.7 Å². The van der Waals surface area contributed by atoms with E-state index in [9.17, 15) is 4.79 Å². The normalized spacial score (nSPS) is 18.5. The molecule has 1 N–H and O–H groups in total. The fourth-order valence-electron chi connectivity index (χ4n) is 2.66. The summed E-state index contributed by atoms with van der Waals surface area (Å²) in [6.45, 7) is 5.74. The van der Waals surface area contributed by atoms with Gasteiger partial charge in [0.05, 0.1) is 5.41 Å². The van der Waals surface area contributed by atoms with E-state index in [2.05, 4.69) is 5.32 Å². The number of nitrogens with one attached hydrogen (secondary N) is 1. The molecule has 1 aromatic carbocycles. The van der Waals surface area contributed by atoms with Crippen LogP contribution in [0.1, 0.15) is 25.8 Å². The van der Waals surface area contributed by atoms with Crippen molar-refractivity contribution in [1.29, 1.82) is 0 Å². The van der Waals surface area contributed by atoms with E-state index < -0.39 is 5.41 Å². The third-order valence-electron chi connectivity index (χ3n) is 3.98. The molecule has 112 valence electrons. The monoisotopic (exact) mass is 316 g/mol. The lowest BCUT2D eigenvalue weighted by Crippen LogP contribution is -2.47. The molecule has 1 atom stereocenters. The van der Waals surface area contributed by atoms with Gasteiger partial charge in [-0.15, -0.1) is 12.4 Å². The van der Waals surface area contributed by atoms with Crippen LogP contribution in [0.4, 0.5) is 0 Å². The maximum atomic E-state index is 12.7. The van der Waals surface area contributed by atoms with Crippen molar-refractivity contribution in [3.63, 3.8) is 0 Å². The molecule has 0 radical (unpaired) electrons. The van der Waals surface area contributed by atoms with E-state index in [0.29, 0.717) is 5.02 Å². The van der Waals surface area contributed by atoms with Crippen molar-refractivity contribution >= 4 is 29.9 Å². The van der Waals surface area contributed by atoms with Crippen molar-refractivity contribution < 1.29 is 4.79 Å². The standard InChI is InChI=1S/C15H21ClN2O.ClH/c1-15(2,12-6-4-5-7-13(12)16)14(19)18(3)11-8-9-17-10-11;/h4-7,11,17H,8-10H2,1-3H3;1H. The first kappa shape index (κ1) is 17.3. The minimum Gasteiger partial charge on any atom is -0.341 e. The van der Waals surface area contributed by atoms with Crippen LogP contribution in [0, 0.1) is 0 Å². The van der Waals surface area contributed by atoms with Crippen LogP contribution < -0.4 is 5.32 Å². The number of carbonyl (C=O) groups is 1. The molecule has 0 aromatic heterocycles. The Balaban J connectivity index is 0.00000200. The van der Waals surface area contributed by atoms with E-state index in [1.165, 1.54) is 0 Å². The maximum absolute atomic E-state index is 12.7. The van der Waals surface area contributed by atoms with Crippen molar-refractivity contribution in [3.8, 4) is 0 Å². The van der Waals surface area contributed by atoms with Gasteiger partial charge in [0.15, 0.2) is 0 Å². The van der Waals surface area contributed by atoms with Gasteiger partial charge in [0.1, 0.15) is 0 Å². The zero-order valence-electron chi connectivity index (χ0n) is 12.1. The van der Waals surface area contributed by atoms with Crippen LogP contribution in [0.2, 0.25) is 5.02 Å². The van der Waals surface area contributed by atoms with Gasteiger partial charge >= 0.3 is 0 Å². The van der Waals surface area contributed by atoms with Gasteiger partial charge in [-0.3, -0.25) is 4.79 Å². The number of halogens is 2. The number of hydrogen-bond donors (Lipinski definition) is 1. The summed E-state index contributed by atoms with van der Waals surface area (Å²) in [6, 6.07) is 7.86. The smallest absolute Gasteiger partial charge is 0.232 e. The molecule has 1 aromatic rings. The van der Waals surface area contributed by atoms with Crippen molar-refractivity contribution in [2.24, 2.45) is 0 Å². The highest BCUT2D eigenvalue weighted by Crippen LogP contribution is 2.32. The highest BCUT2D eigenvalue weighted by atomic mass is 35.5. The predicted molar refractivity (Wildman–Crippen MR) is 85.8 cm³/mol. The summed E-state index contributed by atoms with van der Waals surface area (Å²) in [5, 5.41) is 3.94. The summed E-state index contributed by atoms with van der Waals surface area (Å²) in [6.07, 6.45) is 1.01. The molecule has 0 aliphatic carbocycles. The molecule has 3 nitrogen and oxygen atoms in total. The van der Waals surface area contributed by atoms with Gasteiger partial charge in [-0.05, 0) is 38.4 Å². The van der Waals surface area contributed by atoms with Crippen LogP contribution in [0.15, 0.2) is 24.3 Å². The van der Waals surface area contributed by atoms with Crippen LogP contribution >= 0.6 is 24.0 Å². The molecule has 20 heavy (non-hydrogen) atoms. The summed E-state index contributed by atoms with van der Waals surface area (Å²) >= 11 is 6.23. The average molecular weight is 317 g/mol. The van der Waals surface area contributed by atoms with E-state index in [1.807, 2.05) is 50.1 Å². The summed E-state index contributed by atoms with van der Waals surface area (Å²) in [5.74, 6) is 0.120. The molecule has 1 fully saturated rings. The molecular formula is C15H22Cl2N2O. The molecule has 1 amide bonds. The van der Waals surface area contributed by atoms with Crippen LogP contribution in [0.3, 0.4) is 0 Å². The van der Waals surface area contributed by atoms with Crippen molar-refractivity contribution in [3.05, 3.63) is 34.9 Å². The first-order chi connectivity index (χ1) is 8.94. The SMILES string of the molecule is CN(C(=O)C(C)(C)c1ccccc1Cl)C1CCNC1.Cl. The Morgan fingerprint density at radius 1 is 1.40 bits per heavy atom. The molecule has 1 unspecified atom stereocenters. The van der Waals surface area contributed by atoms with Crippen LogP contribution in [0.5, 0.6) is 0 Å². The lowest BCUT2D eigenvalue weighted by atomic mass is 9.83. The van der Waals surface area contributed by atoms with Crippen molar-refractivity contribution in [2.75, 3.05) is 20.1 Å². The van der Waals surface area contributed by atoms with Gasteiger partial charge in [-0.25, -0.2) is 0 Å². The number of rotatable bonds is 3. The minimum atomic E-state index is -0.602.